The van der Waals surface area contributed by atoms with Crippen LogP contribution in [0.2, 0.25) is 0 Å². The van der Waals surface area contributed by atoms with Crippen LogP contribution in [0.25, 0.3) is 0 Å². The molecule has 1 N–H and O–H groups in total. The maximum Gasteiger partial charge on any atom is 0.104 e. The van der Waals surface area contributed by atoms with Crippen LogP contribution in [0, 0.1) is 11.3 Å². The molecule has 0 spiro atoms. The van der Waals surface area contributed by atoms with Crippen molar-refractivity contribution in [2.75, 3.05) is 13.6 Å². The van der Waals surface area contributed by atoms with E-state index < -0.39 is 0 Å². The van der Waals surface area contributed by atoms with Gasteiger partial charge in [-0.25, -0.2) is 0 Å². The first-order valence-corrected chi connectivity index (χ1v) is 6.86. The molecule has 0 aromatic heterocycles. The molecular weight excluding hydrogens is 210 g/mol. The van der Waals surface area contributed by atoms with Crippen molar-refractivity contribution in [3.8, 4) is 6.07 Å². The highest BCUT2D eigenvalue weighted by atomic mass is 15.1. The lowest BCUT2D eigenvalue weighted by Crippen LogP contribution is -2.42. The molecule has 1 fully saturated rings. The molecule has 1 unspecified atom stereocenters. The van der Waals surface area contributed by atoms with Gasteiger partial charge in [0, 0.05) is 12.1 Å². The van der Waals surface area contributed by atoms with Crippen molar-refractivity contribution in [1.82, 2.24) is 10.2 Å². The van der Waals surface area contributed by atoms with Gasteiger partial charge in [0.15, 0.2) is 0 Å². The van der Waals surface area contributed by atoms with Gasteiger partial charge in [-0.2, -0.15) is 5.26 Å². The molecule has 0 aliphatic heterocycles. The third-order valence-electron chi connectivity index (χ3n) is 3.67. The van der Waals surface area contributed by atoms with E-state index in [9.17, 15) is 5.26 Å². The molecule has 0 saturated heterocycles. The molecule has 0 aromatic rings. The maximum absolute atomic E-state index is 9.24. The third-order valence-corrected chi connectivity index (χ3v) is 3.67. The molecule has 0 amide bonds. The summed E-state index contributed by atoms with van der Waals surface area (Å²) in [5.74, 6) is 0. The summed E-state index contributed by atoms with van der Waals surface area (Å²) < 4.78 is 0. The average molecular weight is 237 g/mol. The predicted octanol–water partition coefficient (Wildman–Crippen LogP) is 2.53. The Labute approximate surface area is 106 Å². The Kier molecular flexibility index (Phi) is 5.42. The van der Waals surface area contributed by atoms with E-state index in [1.165, 1.54) is 19.3 Å². The van der Waals surface area contributed by atoms with Gasteiger partial charge in [-0.3, -0.25) is 5.32 Å². The molecule has 3 nitrogen and oxygen atoms in total. The number of hydrogen-bond acceptors (Lipinski definition) is 3. The maximum atomic E-state index is 9.24. The number of rotatable bonds is 8. The van der Waals surface area contributed by atoms with Gasteiger partial charge in [0.2, 0.25) is 0 Å². The highest BCUT2D eigenvalue weighted by Crippen LogP contribution is 2.24. The van der Waals surface area contributed by atoms with Gasteiger partial charge in [-0.1, -0.05) is 0 Å². The first-order chi connectivity index (χ1) is 7.97. The number of hydrogen-bond donors (Lipinski definition) is 1. The molecule has 1 saturated carbocycles. The zero-order chi connectivity index (χ0) is 12.9. The van der Waals surface area contributed by atoms with Gasteiger partial charge in [-0.15, -0.1) is 0 Å². The Morgan fingerprint density at radius 1 is 1.41 bits per heavy atom. The molecule has 1 atom stereocenters. The summed E-state index contributed by atoms with van der Waals surface area (Å²) in [7, 11) is 2.16. The van der Waals surface area contributed by atoms with Gasteiger partial charge < -0.3 is 4.90 Å². The molecule has 98 valence electrons. The van der Waals surface area contributed by atoms with Crippen LogP contribution in [0.15, 0.2) is 0 Å². The first-order valence-electron chi connectivity index (χ1n) is 6.86. The summed E-state index contributed by atoms with van der Waals surface area (Å²) in [5, 5.41) is 12.7. The zero-order valence-electron chi connectivity index (χ0n) is 11.8. The average Bonchev–Trinajstić information content (AvgIpc) is 3.07. The minimum absolute atomic E-state index is 0.308. The van der Waals surface area contributed by atoms with Gasteiger partial charge >= 0.3 is 0 Å². The van der Waals surface area contributed by atoms with Crippen LogP contribution < -0.4 is 5.32 Å². The predicted molar refractivity (Wildman–Crippen MR) is 71.8 cm³/mol. The van der Waals surface area contributed by atoms with Crippen molar-refractivity contribution in [1.29, 1.82) is 5.26 Å². The third kappa shape index (κ3) is 5.52. The second-order valence-corrected chi connectivity index (χ2v) is 5.89. The van der Waals surface area contributed by atoms with Crippen molar-refractivity contribution >= 4 is 0 Å². The van der Waals surface area contributed by atoms with Gasteiger partial charge in [0.05, 0.1) is 6.07 Å². The Morgan fingerprint density at radius 3 is 2.53 bits per heavy atom. The molecule has 1 aliphatic rings. The standard InChI is InChI=1S/C14H27N3/c1-12(2)17(4)10-6-5-9-14(3,11-15)16-13-7-8-13/h12-13,16H,5-10H2,1-4H3. The SMILES string of the molecule is CC(C)N(C)CCCCC(C)(C#N)NC1CC1. The minimum Gasteiger partial charge on any atom is -0.304 e. The van der Waals surface area contributed by atoms with Crippen LogP contribution in [-0.4, -0.2) is 36.1 Å². The van der Waals surface area contributed by atoms with Crippen LogP contribution >= 0.6 is 0 Å². The summed E-state index contributed by atoms with van der Waals surface area (Å²) in [4.78, 5) is 2.36. The van der Waals surface area contributed by atoms with Crippen molar-refractivity contribution < 1.29 is 0 Å². The molecule has 0 bridgehead atoms. The van der Waals surface area contributed by atoms with Crippen molar-refractivity contribution in [2.45, 2.75) is 70.5 Å². The van der Waals surface area contributed by atoms with E-state index >= 15 is 0 Å². The number of nitrogens with one attached hydrogen (secondary N) is 1. The summed E-state index contributed by atoms with van der Waals surface area (Å²) in [6.45, 7) is 7.60. The van der Waals surface area contributed by atoms with Crippen LogP contribution in [0.4, 0.5) is 0 Å². The Morgan fingerprint density at radius 2 is 2.06 bits per heavy atom. The lowest BCUT2D eigenvalue weighted by molar-refractivity contribution is 0.263. The Bertz CT molecular complexity index is 265. The second kappa shape index (κ2) is 6.37. The monoisotopic (exact) mass is 237 g/mol. The summed E-state index contributed by atoms with van der Waals surface area (Å²) in [5.41, 5.74) is -0.308. The Balaban J connectivity index is 2.17. The molecule has 0 aromatic carbocycles. The highest BCUT2D eigenvalue weighted by Gasteiger charge is 2.31. The smallest absolute Gasteiger partial charge is 0.104 e. The van der Waals surface area contributed by atoms with E-state index in [1.54, 1.807) is 0 Å². The number of nitriles is 1. The van der Waals surface area contributed by atoms with E-state index in [4.69, 9.17) is 0 Å². The van der Waals surface area contributed by atoms with E-state index in [0.717, 1.165) is 19.4 Å². The fourth-order valence-corrected chi connectivity index (χ4v) is 1.94. The summed E-state index contributed by atoms with van der Waals surface area (Å²) >= 11 is 0. The molecule has 0 heterocycles. The molecule has 0 radical (unpaired) electrons. The van der Waals surface area contributed by atoms with Crippen molar-refractivity contribution in [2.24, 2.45) is 0 Å². The van der Waals surface area contributed by atoms with Crippen LogP contribution in [-0.2, 0) is 0 Å². The molecule has 1 rings (SSSR count). The normalized spacial score (nSPS) is 19.4. The quantitative estimate of drug-likeness (QED) is 0.659. The fourth-order valence-electron chi connectivity index (χ4n) is 1.94. The van der Waals surface area contributed by atoms with Crippen molar-refractivity contribution in [3.63, 3.8) is 0 Å². The number of unbranched alkanes of at least 4 members (excludes halogenated alkanes) is 1. The fraction of sp³-hybridized carbons (Fsp3) is 0.929. The largest absolute Gasteiger partial charge is 0.304 e. The highest BCUT2D eigenvalue weighted by molar-refractivity contribution is 5.06. The van der Waals surface area contributed by atoms with Gasteiger partial charge in [-0.05, 0) is 66.5 Å². The molecular formula is C14H27N3. The summed E-state index contributed by atoms with van der Waals surface area (Å²) in [6.07, 6.45) is 5.76. The Hall–Kier alpha value is -0.590. The van der Waals surface area contributed by atoms with E-state index in [2.05, 4.69) is 37.2 Å². The number of nitrogens with zero attached hydrogens (tertiary/aromatic N) is 2. The molecule has 1 aliphatic carbocycles. The van der Waals surface area contributed by atoms with Crippen LogP contribution in [0.5, 0.6) is 0 Å². The second-order valence-electron chi connectivity index (χ2n) is 5.89. The molecule has 3 heteroatoms. The van der Waals surface area contributed by atoms with E-state index in [-0.39, 0.29) is 5.54 Å². The van der Waals surface area contributed by atoms with E-state index in [1.807, 2.05) is 6.92 Å². The van der Waals surface area contributed by atoms with Crippen molar-refractivity contribution in [3.05, 3.63) is 0 Å². The van der Waals surface area contributed by atoms with Crippen LogP contribution in [0.1, 0.15) is 52.9 Å². The zero-order valence-corrected chi connectivity index (χ0v) is 11.8. The van der Waals surface area contributed by atoms with Gasteiger partial charge in [0.25, 0.3) is 0 Å². The topological polar surface area (TPSA) is 39.1 Å². The molecule has 17 heavy (non-hydrogen) atoms. The first kappa shape index (κ1) is 14.5. The lowest BCUT2D eigenvalue weighted by atomic mass is 9.96. The lowest BCUT2D eigenvalue weighted by Gasteiger charge is -2.25. The van der Waals surface area contributed by atoms with E-state index in [0.29, 0.717) is 12.1 Å². The summed E-state index contributed by atoms with van der Waals surface area (Å²) in [6, 6.07) is 3.66. The van der Waals surface area contributed by atoms with Gasteiger partial charge in [0.1, 0.15) is 5.54 Å². The minimum atomic E-state index is -0.308. The van der Waals surface area contributed by atoms with Crippen LogP contribution in [0.3, 0.4) is 0 Å².